The number of nitrogens with one attached hydrogen (secondary N) is 1. The van der Waals surface area contributed by atoms with E-state index in [1.165, 1.54) is 4.88 Å². The maximum absolute atomic E-state index is 12.7. The van der Waals surface area contributed by atoms with Crippen molar-refractivity contribution in [1.82, 2.24) is 24.6 Å². The van der Waals surface area contributed by atoms with Crippen LogP contribution in [0, 0.1) is 0 Å². The third-order valence-corrected chi connectivity index (χ3v) is 6.05. The number of benzene rings is 1. The zero-order valence-electron chi connectivity index (χ0n) is 16.0. The molecule has 0 fully saturated rings. The van der Waals surface area contributed by atoms with E-state index in [0.717, 1.165) is 41.8 Å². The lowest BCUT2D eigenvalue weighted by Crippen LogP contribution is -2.25. The van der Waals surface area contributed by atoms with Gasteiger partial charge in [0.2, 0.25) is 0 Å². The highest BCUT2D eigenvalue weighted by atomic mass is 32.1. The van der Waals surface area contributed by atoms with Gasteiger partial charge in [0.1, 0.15) is 0 Å². The van der Waals surface area contributed by atoms with Gasteiger partial charge in [-0.25, -0.2) is 14.6 Å². The first kappa shape index (κ1) is 18.0. The Bertz CT molecular complexity index is 1180. The van der Waals surface area contributed by atoms with Gasteiger partial charge in [-0.1, -0.05) is 30.3 Å². The molecule has 0 saturated heterocycles. The summed E-state index contributed by atoms with van der Waals surface area (Å²) in [6.45, 7) is 2.52. The predicted molar refractivity (Wildman–Crippen MR) is 113 cm³/mol. The molecule has 3 aromatic heterocycles. The van der Waals surface area contributed by atoms with Crippen LogP contribution in [0.2, 0.25) is 0 Å². The summed E-state index contributed by atoms with van der Waals surface area (Å²) in [5, 5.41) is 8.85. The zero-order chi connectivity index (χ0) is 19.8. The topological polar surface area (TPSA) is 75.9 Å². The van der Waals surface area contributed by atoms with Crippen LogP contribution in [0.25, 0.3) is 11.0 Å². The van der Waals surface area contributed by atoms with E-state index in [9.17, 15) is 4.79 Å². The van der Waals surface area contributed by atoms with Crippen molar-refractivity contribution in [2.24, 2.45) is 0 Å². The fourth-order valence-electron chi connectivity index (χ4n) is 3.51. The van der Waals surface area contributed by atoms with Gasteiger partial charge in [0.25, 0.3) is 5.91 Å². The van der Waals surface area contributed by atoms with Crippen LogP contribution in [0.15, 0.2) is 48.8 Å². The lowest BCUT2D eigenvalue weighted by molar-refractivity contribution is 0.102. The molecule has 0 radical (unpaired) electrons. The number of aromatic nitrogens is 4. The zero-order valence-corrected chi connectivity index (χ0v) is 16.8. The lowest BCUT2D eigenvalue weighted by atomic mass is 10.2. The summed E-state index contributed by atoms with van der Waals surface area (Å²) in [4.78, 5) is 25.3. The van der Waals surface area contributed by atoms with Gasteiger partial charge in [0.05, 0.1) is 24.0 Å². The van der Waals surface area contributed by atoms with Crippen LogP contribution >= 0.6 is 11.3 Å². The van der Waals surface area contributed by atoms with Crippen molar-refractivity contribution in [3.63, 3.8) is 0 Å². The molecule has 8 heteroatoms. The molecule has 146 valence electrons. The van der Waals surface area contributed by atoms with Gasteiger partial charge in [0, 0.05) is 36.0 Å². The molecule has 0 bridgehead atoms. The predicted octanol–water partition coefficient (Wildman–Crippen LogP) is 3.18. The standard InChI is InChI=1S/C21H20N6OS/c1-26-8-7-17-18(13-26)29-21(24-17)25-20(28)16-9-15-11-23-27(19(15)22-10-16)12-14-5-3-2-4-6-14/h2-6,9-11H,7-8,12-13H2,1H3,(H,24,25,28). The van der Waals surface area contributed by atoms with Gasteiger partial charge in [-0.05, 0) is 18.7 Å². The molecule has 1 aliphatic rings. The number of rotatable bonds is 4. The van der Waals surface area contributed by atoms with E-state index >= 15 is 0 Å². The molecule has 7 nitrogen and oxygen atoms in total. The first-order valence-corrected chi connectivity index (χ1v) is 10.3. The van der Waals surface area contributed by atoms with Crippen molar-refractivity contribution < 1.29 is 4.79 Å². The molecule has 1 aliphatic heterocycles. The normalized spacial score (nSPS) is 14.1. The number of carbonyl (C=O) groups excluding carboxylic acids is 1. The van der Waals surface area contributed by atoms with Crippen LogP contribution in [0.3, 0.4) is 0 Å². The summed E-state index contributed by atoms with van der Waals surface area (Å²) < 4.78 is 1.84. The second-order valence-corrected chi connectivity index (χ2v) is 8.34. The monoisotopic (exact) mass is 404 g/mol. The number of pyridine rings is 1. The van der Waals surface area contributed by atoms with E-state index in [0.29, 0.717) is 17.2 Å². The van der Waals surface area contributed by atoms with Crippen LogP contribution in [-0.2, 0) is 19.5 Å². The minimum Gasteiger partial charge on any atom is -0.301 e. The SMILES string of the molecule is CN1CCc2nc(NC(=O)c3cnc4c(cnn4Cc4ccccc4)c3)sc2C1. The first-order chi connectivity index (χ1) is 14.2. The molecule has 5 rings (SSSR count). The van der Waals surface area contributed by atoms with E-state index in [4.69, 9.17) is 0 Å². The second kappa shape index (κ2) is 7.38. The number of hydrogen-bond acceptors (Lipinski definition) is 6. The van der Waals surface area contributed by atoms with Crippen LogP contribution in [0.4, 0.5) is 5.13 Å². The van der Waals surface area contributed by atoms with Crippen molar-refractivity contribution in [3.05, 3.63) is 70.5 Å². The molecule has 0 atom stereocenters. The number of amides is 1. The minimum absolute atomic E-state index is 0.199. The van der Waals surface area contributed by atoms with Gasteiger partial charge in [-0.3, -0.25) is 10.1 Å². The van der Waals surface area contributed by atoms with E-state index in [1.54, 1.807) is 23.7 Å². The minimum atomic E-state index is -0.199. The Morgan fingerprint density at radius 1 is 1.24 bits per heavy atom. The maximum Gasteiger partial charge on any atom is 0.259 e. The number of carbonyl (C=O) groups is 1. The highest BCUT2D eigenvalue weighted by Gasteiger charge is 2.20. The van der Waals surface area contributed by atoms with Crippen molar-refractivity contribution in [3.8, 4) is 0 Å². The highest BCUT2D eigenvalue weighted by molar-refractivity contribution is 7.15. The Morgan fingerprint density at radius 3 is 2.97 bits per heavy atom. The van der Waals surface area contributed by atoms with Crippen molar-refractivity contribution in [2.45, 2.75) is 19.5 Å². The molecule has 4 heterocycles. The molecule has 1 N–H and O–H groups in total. The number of thiazole rings is 1. The third-order valence-electron chi connectivity index (χ3n) is 5.06. The van der Waals surface area contributed by atoms with Gasteiger partial charge in [-0.15, -0.1) is 11.3 Å². The van der Waals surface area contributed by atoms with Gasteiger partial charge in [0.15, 0.2) is 10.8 Å². The quantitative estimate of drug-likeness (QED) is 0.565. The number of fused-ring (bicyclic) bond motifs is 2. The molecular formula is C21H20N6OS. The van der Waals surface area contributed by atoms with Crippen LogP contribution in [0.5, 0.6) is 0 Å². The molecule has 0 aliphatic carbocycles. The van der Waals surface area contributed by atoms with Crippen molar-refractivity contribution >= 4 is 33.4 Å². The van der Waals surface area contributed by atoms with E-state index in [1.807, 2.05) is 28.9 Å². The fraction of sp³-hybridized carbons (Fsp3) is 0.238. The van der Waals surface area contributed by atoms with E-state index in [-0.39, 0.29) is 5.91 Å². The Balaban J connectivity index is 1.35. The highest BCUT2D eigenvalue weighted by Crippen LogP contribution is 2.28. The van der Waals surface area contributed by atoms with E-state index in [2.05, 4.69) is 44.5 Å². The Hall–Kier alpha value is -3.10. The molecule has 29 heavy (non-hydrogen) atoms. The van der Waals surface area contributed by atoms with Crippen LogP contribution < -0.4 is 5.32 Å². The van der Waals surface area contributed by atoms with Crippen molar-refractivity contribution in [1.29, 1.82) is 0 Å². The molecule has 1 amide bonds. The molecule has 1 aromatic carbocycles. The Labute approximate surface area is 172 Å². The number of hydrogen-bond donors (Lipinski definition) is 1. The second-order valence-electron chi connectivity index (χ2n) is 7.26. The van der Waals surface area contributed by atoms with Gasteiger partial charge < -0.3 is 4.90 Å². The molecule has 0 unspecified atom stereocenters. The summed E-state index contributed by atoms with van der Waals surface area (Å²) in [5.74, 6) is -0.199. The largest absolute Gasteiger partial charge is 0.301 e. The van der Waals surface area contributed by atoms with Crippen molar-refractivity contribution in [2.75, 3.05) is 18.9 Å². The molecule has 4 aromatic rings. The number of anilines is 1. The fourth-order valence-corrected chi connectivity index (χ4v) is 4.60. The number of nitrogens with zero attached hydrogens (tertiary/aromatic N) is 5. The maximum atomic E-state index is 12.7. The van der Waals surface area contributed by atoms with Crippen LogP contribution in [0.1, 0.15) is 26.5 Å². The summed E-state index contributed by atoms with van der Waals surface area (Å²) in [6, 6.07) is 11.9. The van der Waals surface area contributed by atoms with Crippen LogP contribution in [-0.4, -0.2) is 44.1 Å². The molecule has 0 saturated carbocycles. The number of likely N-dealkylation sites (N-methyl/N-ethyl adjacent to an activating group) is 1. The summed E-state index contributed by atoms with van der Waals surface area (Å²) >= 11 is 1.55. The molecular weight excluding hydrogens is 384 g/mol. The average Bonchev–Trinajstić information content (AvgIpc) is 3.31. The summed E-state index contributed by atoms with van der Waals surface area (Å²) in [6.07, 6.45) is 4.27. The summed E-state index contributed by atoms with van der Waals surface area (Å²) in [5.41, 5.74) is 3.51. The molecule has 0 spiro atoms. The van der Waals surface area contributed by atoms with E-state index < -0.39 is 0 Å². The lowest BCUT2D eigenvalue weighted by Gasteiger charge is -2.20. The smallest absolute Gasteiger partial charge is 0.259 e. The Morgan fingerprint density at radius 2 is 2.10 bits per heavy atom. The summed E-state index contributed by atoms with van der Waals surface area (Å²) in [7, 11) is 2.10. The average molecular weight is 404 g/mol. The van der Waals surface area contributed by atoms with Gasteiger partial charge >= 0.3 is 0 Å². The third kappa shape index (κ3) is 3.64. The Kier molecular flexibility index (Phi) is 4.57. The first-order valence-electron chi connectivity index (χ1n) is 9.50. The van der Waals surface area contributed by atoms with Gasteiger partial charge in [-0.2, -0.15) is 5.10 Å².